The van der Waals surface area contributed by atoms with E-state index in [2.05, 4.69) is 4.90 Å². The second-order valence-electron chi connectivity index (χ2n) is 6.08. The number of nitrogens with zero attached hydrogens (tertiary/aromatic N) is 1. The Morgan fingerprint density at radius 1 is 1.17 bits per heavy atom. The first kappa shape index (κ1) is 13.2. The first-order valence-corrected chi connectivity index (χ1v) is 7.91. The van der Waals surface area contributed by atoms with Crippen LogP contribution in [0.1, 0.15) is 38.5 Å². The van der Waals surface area contributed by atoms with E-state index in [1.807, 2.05) is 0 Å². The fourth-order valence-corrected chi connectivity index (χ4v) is 3.93. The zero-order chi connectivity index (χ0) is 12.4. The largest absolute Gasteiger partial charge is 0.374 e. The summed E-state index contributed by atoms with van der Waals surface area (Å²) in [6.07, 6.45) is 8.47. The van der Waals surface area contributed by atoms with Gasteiger partial charge in [0, 0.05) is 25.5 Å². The van der Waals surface area contributed by atoms with Crippen LogP contribution in [0.4, 0.5) is 0 Å². The summed E-state index contributed by atoms with van der Waals surface area (Å²) in [6, 6.07) is 0. The monoisotopic (exact) mass is 273 g/mol. The van der Waals surface area contributed by atoms with Crippen LogP contribution < -0.4 is 0 Å². The van der Waals surface area contributed by atoms with Crippen molar-refractivity contribution in [3.05, 3.63) is 0 Å². The fraction of sp³-hybridized carbons (Fsp3) is 1.00. The van der Waals surface area contributed by atoms with Crippen molar-refractivity contribution in [2.45, 2.75) is 56.3 Å². The van der Waals surface area contributed by atoms with E-state index >= 15 is 0 Å². The van der Waals surface area contributed by atoms with E-state index in [1.54, 1.807) is 0 Å². The Kier molecular flexibility index (Phi) is 4.14. The van der Waals surface area contributed by atoms with Crippen LogP contribution in [0.15, 0.2) is 0 Å². The smallest absolute Gasteiger partial charge is 0.0837 e. The molecule has 2 unspecified atom stereocenters. The number of ether oxygens (including phenoxy) is 2. The summed E-state index contributed by atoms with van der Waals surface area (Å²) in [4.78, 5) is 2.47. The molecule has 0 bridgehead atoms. The van der Waals surface area contributed by atoms with E-state index in [4.69, 9.17) is 21.1 Å². The van der Waals surface area contributed by atoms with Gasteiger partial charge in [-0.2, -0.15) is 0 Å². The lowest BCUT2D eigenvalue weighted by atomic mass is 9.98. The number of hydrogen-bond donors (Lipinski definition) is 0. The van der Waals surface area contributed by atoms with Gasteiger partial charge in [-0.05, 0) is 25.7 Å². The van der Waals surface area contributed by atoms with Gasteiger partial charge in [-0.1, -0.05) is 12.8 Å². The van der Waals surface area contributed by atoms with Crippen LogP contribution in [-0.4, -0.2) is 54.8 Å². The molecule has 4 heteroatoms. The topological polar surface area (TPSA) is 21.7 Å². The van der Waals surface area contributed by atoms with Crippen LogP contribution >= 0.6 is 11.6 Å². The predicted octanol–water partition coefficient (Wildman–Crippen LogP) is 2.42. The van der Waals surface area contributed by atoms with Gasteiger partial charge < -0.3 is 9.47 Å². The van der Waals surface area contributed by atoms with E-state index in [0.717, 1.165) is 26.2 Å². The average Bonchev–Trinajstić information content (AvgIpc) is 3.01. The Morgan fingerprint density at radius 2 is 2.00 bits per heavy atom. The number of alkyl halides is 1. The Morgan fingerprint density at radius 3 is 2.78 bits per heavy atom. The van der Waals surface area contributed by atoms with Gasteiger partial charge in [-0.15, -0.1) is 11.6 Å². The summed E-state index contributed by atoms with van der Waals surface area (Å²) in [7, 11) is 0. The maximum Gasteiger partial charge on any atom is 0.0837 e. The molecule has 1 spiro atoms. The predicted molar refractivity (Wildman–Crippen MR) is 72.2 cm³/mol. The molecular formula is C14H24ClNO2. The third-order valence-electron chi connectivity index (χ3n) is 4.71. The van der Waals surface area contributed by atoms with E-state index in [0.29, 0.717) is 12.0 Å². The number of rotatable bonds is 3. The second kappa shape index (κ2) is 5.66. The van der Waals surface area contributed by atoms with Crippen molar-refractivity contribution in [3.63, 3.8) is 0 Å². The van der Waals surface area contributed by atoms with Crippen LogP contribution in [0.5, 0.6) is 0 Å². The normalized spacial score (nSPS) is 36.5. The minimum absolute atomic E-state index is 0.210. The first-order chi connectivity index (χ1) is 8.80. The molecule has 3 rings (SSSR count). The van der Waals surface area contributed by atoms with Crippen LogP contribution in [-0.2, 0) is 9.47 Å². The molecule has 1 saturated carbocycles. The third kappa shape index (κ3) is 2.84. The highest BCUT2D eigenvalue weighted by Gasteiger charge is 2.42. The maximum absolute atomic E-state index is 6.37. The van der Waals surface area contributed by atoms with Crippen LogP contribution in [0.3, 0.4) is 0 Å². The van der Waals surface area contributed by atoms with E-state index in [9.17, 15) is 0 Å². The van der Waals surface area contributed by atoms with Crippen molar-refractivity contribution < 1.29 is 9.47 Å². The van der Waals surface area contributed by atoms with Gasteiger partial charge in [-0.25, -0.2) is 0 Å². The molecule has 3 aliphatic rings. The zero-order valence-electron chi connectivity index (χ0n) is 11.1. The van der Waals surface area contributed by atoms with Crippen molar-refractivity contribution >= 4 is 11.6 Å². The van der Waals surface area contributed by atoms with Gasteiger partial charge in [-0.3, -0.25) is 4.90 Å². The molecule has 1 aliphatic carbocycles. The molecule has 0 radical (unpaired) electrons. The second-order valence-corrected chi connectivity index (χ2v) is 6.38. The first-order valence-electron chi connectivity index (χ1n) is 7.37. The molecule has 2 saturated heterocycles. The molecule has 0 N–H and O–H groups in total. The van der Waals surface area contributed by atoms with Gasteiger partial charge in [0.1, 0.15) is 0 Å². The molecule has 0 aromatic carbocycles. The average molecular weight is 274 g/mol. The maximum atomic E-state index is 6.37. The third-order valence-corrected chi connectivity index (χ3v) is 5.05. The Bertz CT molecular complexity index is 281. The van der Waals surface area contributed by atoms with Crippen molar-refractivity contribution in [1.82, 2.24) is 4.90 Å². The van der Waals surface area contributed by atoms with Crippen LogP contribution in [0, 0.1) is 0 Å². The summed E-state index contributed by atoms with van der Waals surface area (Å²) < 4.78 is 12.0. The number of hydrogen-bond acceptors (Lipinski definition) is 3. The zero-order valence-corrected chi connectivity index (χ0v) is 11.8. The molecule has 3 fully saturated rings. The molecule has 104 valence electrons. The molecule has 0 aromatic heterocycles. The Balaban J connectivity index is 1.48. The minimum Gasteiger partial charge on any atom is -0.374 e. The lowest BCUT2D eigenvalue weighted by Crippen LogP contribution is -2.46. The van der Waals surface area contributed by atoms with Gasteiger partial charge in [0.25, 0.3) is 0 Å². The summed E-state index contributed by atoms with van der Waals surface area (Å²) in [6.45, 7) is 3.88. The van der Waals surface area contributed by atoms with E-state index < -0.39 is 0 Å². The Hall–Kier alpha value is 0.170. The van der Waals surface area contributed by atoms with Gasteiger partial charge in [0.05, 0.1) is 24.4 Å². The highest BCUT2D eigenvalue weighted by Crippen LogP contribution is 2.43. The SMILES string of the molecule is ClCC1CN(CC2CCC3(CCCC3)O2)CCO1. The van der Waals surface area contributed by atoms with Gasteiger partial charge >= 0.3 is 0 Å². The highest BCUT2D eigenvalue weighted by atomic mass is 35.5. The molecule has 2 atom stereocenters. The van der Waals surface area contributed by atoms with E-state index in [-0.39, 0.29) is 11.7 Å². The molecule has 2 heterocycles. The van der Waals surface area contributed by atoms with Crippen molar-refractivity contribution in [1.29, 1.82) is 0 Å². The number of halogens is 1. The van der Waals surface area contributed by atoms with Gasteiger partial charge in [0.15, 0.2) is 0 Å². The van der Waals surface area contributed by atoms with Crippen LogP contribution in [0.25, 0.3) is 0 Å². The standard InChI is InChI=1S/C14H24ClNO2/c15-9-13-11-16(7-8-17-13)10-12-3-6-14(18-12)4-1-2-5-14/h12-13H,1-11H2. The van der Waals surface area contributed by atoms with E-state index in [1.165, 1.54) is 38.5 Å². The van der Waals surface area contributed by atoms with Gasteiger partial charge in [0.2, 0.25) is 0 Å². The summed E-state index contributed by atoms with van der Waals surface area (Å²) in [5.74, 6) is 0.603. The van der Waals surface area contributed by atoms with Crippen molar-refractivity contribution in [2.75, 3.05) is 32.1 Å². The molecule has 0 amide bonds. The quantitative estimate of drug-likeness (QED) is 0.737. The molecular weight excluding hydrogens is 250 g/mol. The lowest BCUT2D eigenvalue weighted by molar-refractivity contribution is -0.0690. The fourth-order valence-electron chi connectivity index (χ4n) is 3.74. The lowest BCUT2D eigenvalue weighted by Gasteiger charge is -2.34. The summed E-state index contributed by atoms with van der Waals surface area (Å²) >= 11 is 5.88. The molecule has 0 aromatic rings. The summed E-state index contributed by atoms with van der Waals surface area (Å²) in [5, 5.41) is 0. The van der Waals surface area contributed by atoms with Crippen molar-refractivity contribution in [2.24, 2.45) is 0 Å². The molecule has 2 aliphatic heterocycles. The van der Waals surface area contributed by atoms with Crippen molar-refractivity contribution in [3.8, 4) is 0 Å². The molecule has 18 heavy (non-hydrogen) atoms. The Labute approximate surface area is 115 Å². The molecule has 3 nitrogen and oxygen atoms in total. The number of morpholine rings is 1. The summed E-state index contributed by atoms with van der Waals surface area (Å²) in [5.41, 5.74) is 0.267. The highest BCUT2D eigenvalue weighted by molar-refractivity contribution is 6.18. The minimum atomic E-state index is 0.210. The van der Waals surface area contributed by atoms with Crippen LogP contribution in [0.2, 0.25) is 0 Å².